The summed E-state index contributed by atoms with van der Waals surface area (Å²) in [6.07, 6.45) is 5.24. The number of rotatable bonds is 4. The summed E-state index contributed by atoms with van der Waals surface area (Å²) in [5.41, 5.74) is 1.52. The van der Waals surface area contributed by atoms with Gasteiger partial charge in [-0.3, -0.25) is 0 Å². The monoisotopic (exact) mass is 271 g/mol. The molecule has 1 fully saturated rings. The van der Waals surface area contributed by atoms with Gasteiger partial charge >= 0.3 is 0 Å². The largest absolute Gasteiger partial charge is 0.387 e. The summed E-state index contributed by atoms with van der Waals surface area (Å²) in [7, 11) is 0. The Labute approximate surface area is 122 Å². The summed E-state index contributed by atoms with van der Waals surface area (Å²) in [5.74, 6) is 0.576. The minimum absolute atomic E-state index is 0.576. The molecule has 1 aliphatic rings. The number of benzene rings is 1. The molecule has 2 rings (SSSR count). The van der Waals surface area contributed by atoms with E-state index in [1.54, 1.807) is 0 Å². The van der Waals surface area contributed by atoms with Crippen molar-refractivity contribution in [1.29, 1.82) is 5.26 Å². The van der Waals surface area contributed by atoms with E-state index >= 15 is 0 Å². The highest BCUT2D eigenvalue weighted by molar-refractivity contribution is 5.32. The zero-order valence-corrected chi connectivity index (χ0v) is 12.6. The Morgan fingerprint density at radius 1 is 1.40 bits per heavy atom. The van der Waals surface area contributed by atoms with Crippen LogP contribution in [0.5, 0.6) is 0 Å². The topological polar surface area (TPSA) is 44.0 Å². The Balaban J connectivity index is 2.33. The molecule has 3 atom stereocenters. The predicted octanol–water partition coefficient (Wildman–Crippen LogP) is 4.39. The van der Waals surface area contributed by atoms with Crippen molar-refractivity contribution in [2.24, 2.45) is 11.3 Å². The Bertz CT molecular complexity index is 490. The molecule has 0 radical (unpaired) electrons. The third kappa shape index (κ3) is 2.74. The molecule has 2 nitrogen and oxygen atoms in total. The second-order valence-electron chi connectivity index (χ2n) is 6.09. The number of nitriles is 1. The Kier molecular flexibility index (Phi) is 4.83. The summed E-state index contributed by atoms with van der Waals surface area (Å²) in [4.78, 5) is 0. The lowest BCUT2D eigenvalue weighted by Gasteiger charge is -2.39. The van der Waals surface area contributed by atoms with Gasteiger partial charge in [0.25, 0.3) is 0 Å². The lowest BCUT2D eigenvalue weighted by Crippen LogP contribution is -2.34. The van der Waals surface area contributed by atoms with Gasteiger partial charge in [0, 0.05) is 0 Å². The molecule has 0 aliphatic heterocycles. The van der Waals surface area contributed by atoms with Crippen molar-refractivity contribution in [2.45, 2.75) is 58.5 Å². The number of aryl methyl sites for hydroxylation is 1. The highest BCUT2D eigenvalue weighted by Gasteiger charge is 2.43. The van der Waals surface area contributed by atoms with Gasteiger partial charge in [0.15, 0.2) is 0 Å². The average Bonchev–Trinajstić information content (AvgIpc) is 2.53. The lowest BCUT2D eigenvalue weighted by molar-refractivity contribution is 0.0180. The number of aliphatic hydroxyl groups is 1. The number of hydrogen-bond donors (Lipinski definition) is 1. The van der Waals surface area contributed by atoms with E-state index < -0.39 is 11.5 Å². The van der Waals surface area contributed by atoms with Crippen LogP contribution in [-0.4, -0.2) is 5.11 Å². The first-order chi connectivity index (χ1) is 9.66. The van der Waals surface area contributed by atoms with Gasteiger partial charge in [-0.25, -0.2) is 0 Å². The van der Waals surface area contributed by atoms with Crippen molar-refractivity contribution in [3.8, 4) is 6.07 Å². The zero-order valence-electron chi connectivity index (χ0n) is 12.6. The number of hydrogen-bond acceptors (Lipinski definition) is 2. The van der Waals surface area contributed by atoms with Crippen LogP contribution >= 0.6 is 0 Å². The van der Waals surface area contributed by atoms with Crippen molar-refractivity contribution in [3.05, 3.63) is 35.4 Å². The highest BCUT2D eigenvalue weighted by atomic mass is 16.3. The van der Waals surface area contributed by atoms with Crippen LogP contribution in [0.15, 0.2) is 24.3 Å². The summed E-state index contributed by atoms with van der Waals surface area (Å²) >= 11 is 0. The van der Waals surface area contributed by atoms with E-state index in [-0.39, 0.29) is 0 Å². The molecule has 108 valence electrons. The van der Waals surface area contributed by atoms with Gasteiger partial charge in [-0.2, -0.15) is 5.26 Å². The van der Waals surface area contributed by atoms with Gasteiger partial charge in [-0.15, -0.1) is 0 Å². The van der Waals surface area contributed by atoms with Crippen LogP contribution < -0.4 is 0 Å². The molecule has 1 aromatic carbocycles. The van der Waals surface area contributed by atoms with Gasteiger partial charge in [-0.05, 0) is 36.3 Å². The zero-order chi connectivity index (χ0) is 14.6. The SMILES string of the molecule is CCc1ccccc1C(O)C1(C#N)CCCC(CC)C1. The molecular formula is C18H25NO. The molecule has 1 aromatic rings. The van der Waals surface area contributed by atoms with E-state index in [2.05, 4.69) is 26.0 Å². The first-order valence-corrected chi connectivity index (χ1v) is 7.84. The molecule has 0 saturated heterocycles. The minimum Gasteiger partial charge on any atom is -0.387 e. The molecule has 1 saturated carbocycles. The second kappa shape index (κ2) is 6.41. The van der Waals surface area contributed by atoms with Crippen LogP contribution in [0.4, 0.5) is 0 Å². The summed E-state index contributed by atoms with van der Waals surface area (Å²) in [6, 6.07) is 10.5. The fourth-order valence-electron chi connectivity index (χ4n) is 3.61. The van der Waals surface area contributed by atoms with Crippen molar-refractivity contribution in [3.63, 3.8) is 0 Å². The van der Waals surface area contributed by atoms with Gasteiger partial charge < -0.3 is 5.11 Å². The maximum Gasteiger partial charge on any atom is 0.0979 e. The number of aliphatic hydroxyl groups excluding tert-OH is 1. The van der Waals surface area contributed by atoms with E-state index in [4.69, 9.17) is 0 Å². The molecule has 2 heteroatoms. The van der Waals surface area contributed by atoms with E-state index in [9.17, 15) is 10.4 Å². The smallest absolute Gasteiger partial charge is 0.0979 e. The van der Waals surface area contributed by atoms with Crippen LogP contribution in [0.25, 0.3) is 0 Å². The van der Waals surface area contributed by atoms with E-state index in [0.717, 1.165) is 43.2 Å². The Morgan fingerprint density at radius 3 is 2.80 bits per heavy atom. The molecule has 0 heterocycles. The molecule has 0 bridgehead atoms. The summed E-state index contributed by atoms with van der Waals surface area (Å²) < 4.78 is 0. The lowest BCUT2D eigenvalue weighted by atomic mass is 9.65. The second-order valence-corrected chi connectivity index (χ2v) is 6.09. The maximum atomic E-state index is 10.9. The van der Waals surface area contributed by atoms with E-state index in [1.165, 1.54) is 6.42 Å². The molecule has 1 aliphatic carbocycles. The van der Waals surface area contributed by atoms with Crippen LogP contribution in [0.1, 0.15) is 63.2 Å². The van der Waals surface area contributed by atoms with Crippen molar-refractivity contribution in [1.82, 2.24) is 0 Å². The molecule has 1 N–H and O–H groups in total. The standard InChI is InChI=1S/C18H25NO/c1-3-14-8-7-11-18(12-14,13-19)17(20)16-10-6-5-9-15(16)4-2/h5-6,9-10,14,17,20H,3-4,7-8,11-12H2,1-2H3. The molecule has 20 heavy (non-hydrogen) atoms. The van der Waals surface area contributed by atoms with Gasteiger partial charge in [0.05, 0.1) is 17.6 Å². The minimum atomic E-state index is -0.655. The first kappa shape index (κ1) is 15.1. The van der Waals surface area contributed by atoms with Gasteiger partial charge in [0.1, 0.15) is 0 Å². The third-order valence-electron chi connectivity index (χ3n) is 4.94. The molecular weight excluding hydrogens is 246 g/mol. The van der Waals surface area contributed by atoms with E-state index in [1.807, 2.05) is 18.2 Å². The predicted molar refractivity (Wildman–Crippen MR) is 81.1 cm³/mol. The van der Waals surface area contributed by atoms with Crippen LogP contribution in [0, 0.1) is 22.7 Å². The third-order valence-corrected chi connectivity index (χ3v) is 4.94. The normalized spacial score (nSPS) is 27.8. The first-order valence-electron chi connectivity index (χ1n) is 7.84. The van der Waals surface area contributed by atoms with Gasteiger partial charge in [-0.1, -0.05) is 57.4 Å². The molecule has 3 unspecified atom stereocenters. The molecule has 0 spiro atoms. The molecule has 0 aromatic heterocycles. The van der Waals surface area contributed by atoms with Gasteiger partial charge in [0.2, 0.25) is 0 Å². The van der Waals surface area contributed by atoms with Crippen molar-refractivity contribution < 1.29 is 5.11 Å². The number of nitrogens with zero attached hydrogens (tertiary/aromatic N) is 1. The Morgan fingerprint density at radius 2 is 2.15 bits per heavy atom. The quantitative estimate of drug-likeness (QED) is 0.882. The molecule has 0 amide bonds. The van der Waals surface area contributed by atoms with Crippen molar-refractivity contribution >= 4 is 0 Å². The summed E-state index contributed by atoms with van der Waals surface area (Å²) in [6.45, 7) is 4.28. The van der Waals surface area contributed by atoms with Crippen LogP contribution in [-0.2, 0) is 6.42 Å². The summed E-state index contributed by atoms with van der Waals surface area (Å²) in [5, 5.41) is 20.6. The Hall–Kier alpha value is -1.33. The van der Waals surface area contributed by atoms with E-state index in [0.29, 0.717) is 5.92 Å². The van der Waals surface area contributed by atoms with Crippen molar-refractivity contribution in [2.75, 3.05) is 0 Å². The maximum absolute atomic E-state index is 10.9. The fraction of sp³-hybridized carbons (Fsp3) is 0.611. The fourth-order valence-corrected chi connectivity index (χ4v) is 3.61. The highest BCUT2D eigenvalue weighted by Crippen LogP contribution is 2.48. The average molecular weight is 271 g/mol. The van der Waals surface area contributed by atoms with Crippen LogP contribution in [0.2, 0.25) is 0 Å². The van der Waals surface area contributed by atoms with Crippen LogP contribution in [0.3, 0.4) is 0 Å².